The molecule has 10 heterocycles. The summed E-state index contributed by atoms with van der Waals surface area (Å²) >= 11 is 0. The Morgan fingerprint density at radius 1 is 0.368 bits per heavy atom. The molecule has 0 saturated carbocycles. The minimum absolute atomic E-state index is 0.0310. The van der Waals surface area contributed by atoms with Crippen molar-refractivity contribution in [2.45, 2.75) is 208 Å². The van der Waals surface area contributed by atoms with E-state index in [1.165, 1.54) is 76.0 Å². The molecule has 12 unspecified atom stereocenters. The second-order valence-electron chi connectivity index (χ2n) is 31.6. The lowest BCUT2D eigenvalue weighted by atomic mass is 9.79. The molecule has 10 aliphatic rings. The third kappa shape index (κ3) is 21.0. The van der Waals surface area contributed by atoms with Crippen LogP contribution in [0, 0.1) is 59.1 Å². The fraction of sp³-hybridized carbons (Fsp3) is 0.639. The molecule has 10 aliphatic heterocycles. The average molecular weight is 1650 g/mol. The molecule has 5 aromatic carbocycles. The predicted molar refractivity (Wildman–Crippen MR) is 460 cm³/mol. The van der Waals surface area contributed by atoms with Gasteiger partial charge >= 0.3 is 0 Å². The topological polar surface area (TPSA) is 194 Å². The van der Waals surface area contributed by atoms with E-state index in [0.29, 0.717) is 122 Å². The third-order valence-electron chi connectivity index (χ3n) is 22.7. The summed E-state index contributed by atoms with van der Waals surface area (Å²) in [7, 11) is 13.9. The van der Waals surface area contributed by atoms with Crippen LogP contribution in [0.3, 0.4) is 0 Å². The Labute approximate surface area is 747 Å². The Morgan fingerprint density at radius 2 is 0.641 bits per heavy atom. The number of piperidine rings is 5. The fourth-order valence-corrected chi connectivity index (χ4v) is 16.9. The summed E-state index contributed by atoms with van der Waals surface area (Å²) in [6.45, 7) is 6.57. The average Bonchev–Trinajstić information content (AvgIpc) is 0.670. The standard InChI is InChI=1S/2C20H29NO3.3C19H27NO3/c2*1-5-13(2)8-15-12-21-7-6-14-9-19(23-3)20(24-4)10-16(14)17(21)11-18(15)22;3*1-12(2)7-14-11-20-6-5-13-8-18(22-3)19(23-4)9-15(13)16(20)10-17(14)21/h2*9-10,13,15,17H,5-8,11-12H2,1-4H3;3*8-9,12,14,16H,5-7,10-11H2,1-4H3/i2D3,5D2,8D2,9D,10D,11D2,13D,15D;2D3,5D2,8D2,9D,10D,13D;8D,9D,10D2,14D;8D,9D,11D2;8D,9D. The van der Waals surface area contributed by atoms with Gasteiger partial charge in [0, 0.05) is 190 Å². The lowest BCUT2D eigenvalue weighted by molar-refractivity contribution is -0.130. The van der Waals surface area contributed by atoms with Gasteiger partial charge in [0.25, 0.3) is 0 Å². The normalized spacial score (nSPS) is 32.6. The number of ketones is 5. The maximum Gasteiger partial charge on any atom is 0.161 e. The van der Waals surface area contributed by atoms with Crippen LogP contribution >= 0.6 is 0 Å². The number of hydrogen-bond acceptors (Lipinski definition) is 20. The molecule has 0 N–H and O–H groups in total. The molecule has 5 aromatic rings. The minimum atomic E-state index is -3.69. The molecule has 0 radical (unpaired) electrons. The van der Waals surface area contributed by atoms with Crippen LogP contribution in [-0.2, 0) is 56.1 Å². The molecule has 0 spiro atoms. The number of benzene rings is 5. The number of rotatable bonds is 22. The van der Waals surface area contributed by atoms with E-state index < -0.39 is 142 Å². The third-order valence-corrected chi connectivity index (χ3v) is 22.7. The highest BCUT2D eigenvalue weighted by Gasteiger charge is 2.45. The first kappa shape index (κ1) is 54.5. The maximum atomic E-state index is 13.7. The van der Waals surface area contributed by atoms with Crippen LogP contribution < -0.4 is 47.4 Å². The number of nitrogens with zero attached hydrogens (tertiary/aromatic N) is 5. The number of carbonyl (C=O) groups is 5. The molecule has 0 aromatic heterocycles. The zero-order valence-corrected chi connectivity index (χ0v) is 70.9. The zero-order chi connectivity index (χ0) is 114. The van der Waals surface area contributed by atoms with E-state index in [1.807, 2.05) is 27.7 Å². The molecule has 20 heteroatoms. The largest absolute Gasteiger partial charge is 0.493 e. The predicted octanol–water partition coefficient (Wildman–Crippen LogP) is 17.0. The van der Waals surface area contributed by atoms with Gasteiger partial charge < -0.3 is 47.4 Å². The highest BCUT2D eigenvalue weighted by Crippen LogP contribution is 2.49. The van der Waals surface area contributed by atoms with Crippen LogP contribution in [0.4, 0.5) is 0 Å². The van der Waals surface area contributed by atoms with Crippen molar-refractivity contribution in [3.63, 3.8) is 0 Å². The van der Waals surface area contributed by atoms with E-state index in [9.17, 15) is 24.0 Å². The smallest absolute Gasteiger partial charge is 0.161 e. The van der Waals surface area contributed by atoms with Crippen LogP contribution in [0.5, 0.6) is 57.5 Å². The molecule has 15 rings (SSSR count). The van der Waals surface area contributed by atoms with Crippen LogP contribution in [0.2, 0.25) is 0 Å². The molecule has 20 nitrogen and oxygen atoms in total. The lowest BCUT2D eigenvalue weighted by Crippen LogP contribution is -2.46. The minimum Gasteiger partial charge on any atom is -0.493 e. The van der Waals surface area contributed by atoms with Crippen molar-refractivity contribution in [2.75, 3.05) is 136 Å². The number of Topliss-reactive ketones (excluding diaryl/α,β-unsaturated/α-hetero) is 5. The Kier molecular flexibility index (Phi) is 19.1. The maximum absolute atomic E-state index is 13.7. The molecule has 0 amide bonds. The van der Waals surface area contributed by atoms with Gasteiger partial charge in [-0.25, -0.2) is 0 Å². The molecule has 5 fully saturated rings. The van der Waals surface area contributed by atoms with E-state index in [0.717, 1.165) is 37.6 Å². The Balaban J connectivity index is 0.000000180. The SMILES string of the molecule is [2H]c1c2c(c([2H])c(OC)c1OC)C1CC(=O)C(C([2H])([2H])C([2H])(C([2H])([2H])[2H])C([2H])([2H])C)CN1CC2.[2H]c1c2c(c([2H])c(OC)c1OC)C1CC(=O)C(CC(C)C)C([2H])([2H])N1CC2.[2H]c1c2c(c([2H])c(OC)c1OC)C1CC(=O)C(CC(C)C)CN1CC2.[2H]c1c2c(c([2H])c(OC)c1OC)C1N(CC2)CC([2H])(C([2H])([2H])C([2H])(C([2H])([2H])[2H])C([2H])([2H])C)C(=O)C1([2H])[2H].[2H]c1c2c(c([2H])c(OC)c1OC)C1N(CC2)CC([2H])(CC(C)C)C(=O)C1([2H])[2H]. The Morgan fingerprint density at radius 3 is 0.983 bits per heavy atom. The summed E-state index contributed by atoms with van der Waals surface area (Å²) in [5.41, 5.74) is 4.75. The Hall–Kier alpha value is -7.75. The van der Waals surface area contributed by atoms with Crippen molar-refractivity contribution in [3.8, 4) is 57.5 Å². The van der Waals surface area contributed by atoms with Crippen molar-refractivity contribution in [3.05, 3.63) is 116 Å². The highest BCUT2D eigenvalue weighted by atomic mass is 16.5. The molecule has 5 saturated heterocycles. The number of methoxy groups -OCH3 is 10. The van der Waals surface area contributed by atoms with Gasteiger partial charge in [-0.2, -0.15) is 0 Å². The van der Waals surface area contributed by atoms with Gasteiger partial charge in [-0.3, -0.25) is 48.5 Å². The van der Waals surface area contributed by atoms with Gasteiger partial charge in [0.1, 0.15) is 28.9 Å². The van der Waals surface area contributed by atoms with Gasteiger partial charge in [-0.05, 0) is 210 Å². The molecule has 117 heavy (non-hydrogen) atoms. The van der Waals surface area contributed by atoms with Gasteiger partial charge in [0.15, 0.2) is 57.5 Å². The number of ether oxygens (including phenoxy) is 10. The number of fused-ring (bicyclic) bond motifs is 15. The second-order valence-corrected chi connectivity index (χ2v) is 31.6. The summed E-state index contributed by atoms with van der Waals surface area (Å²) in [6.07, 6.45) is -14.0. The quantitative estimate of drug-likeness (QED) is 0.0634. The van der Waals surface area contributed by atoms with Crippen molar-refractivity contribution in [2.24, 2.45) is 59.1 Å². The first-order chi connectivity index (χ1) is 69.5. The second kappa shape index (κ2) is 41.0. The first-order valence-corrected chi connectivity index (χ1v) is 40.2. The van der Waals surface area contributed by atoms with Gasteiger partial charge in [0.05, 0.1) is 84.8 Å². The van der Waals surface area contributed by atoms with E-state index >= 15 is 0 Å². The molecular formula is C97H139N5O15. The lowest BCUT2D eigenvalue weighted by Gasteiger charge is -2.43. The molecule has 12 atom stereocenters. The van der Waals surface area contributed by atoms with Gasteiger partial charge in [-0.15, -0.1) is 0 Å². The van der Waals surface area contributed by atoms with E-state index in [4.69, 9.17) is 94.0 Å². The van der Waals surface area contributed by atoms with Gasteiger partial charge in [0.2, 0.25) is 0 Å². The van der Waals surface area contributed by atoms with E-state index in [1.54, 1.807) is 14.7 Å². The van der Waals surface area contributed by atoms with Crippen molar-refractivity contribution >= 4 is 28.9 Å². The van der Waals surface area contributed by atoms with Crippen LogP contribution in [0.15, 0.2) is 60.4 Å². The zero-order valence-electron chi connectivity index (χ0n) is 105. The highest BCUT2D eigenvalue weighted by molar-refractivity contribution is 5.86. The monoisotopic (exact) mass is 1650 g/mol. The molecular weight excluding hydrogens is 1480 g/mol. The summed E-state index contributed by atoms with van der Waals surface area (Å²) in [4.78, 5) is 74.4. The van der Waals surface area contributed by atoms with Crippen LogP contribution in [0.25, 0.3) is 0 Å². The molecule has 0 bridgehead atoms. The Bertz CT molecular complexity index is 5990. The molecule has 0 aliphatic carbocycles. The van der Waals surface area contributed by atoms with Crippen molar-refractivity contribution in [1.29, 1.82) is 0 Å². The summed E-state index contributed by atoms with van der Waals surface area (Å²) in [6, 6.07) is -3.54. The summed E-state index contributed by atoms with van der Waals surface area (Å²) < 4.78 is 338. The van der Waals surface area contributed by atoms with Crippen molar-refractivity contribution in [1.82, 2.24) is 24.5 Å². The van der Waals surface area contributed by atoms with Crippen molar-refractivity contribution < 1.29 is 118 Å². The first-order valence-electron chi connectivity index (χ1n) is 57.2. The van der Waals surface area contributed by atoms with E-state index in [2.05, 4.69) is 18.7 Å². The molecule has 642 valence electrons. The number of hydrogen-bond donors (Lipinski definition) is 0. The van der Waals surface area contributed by atoms with Crippen LogP contribution in [-0.4, -0.2) is 190 Å². The number of carbonyl (C=O) groups excluding carboxylic acids is 5. The van der Waals surface area contributed by atoms with Gasteiger partial charge in [-0.1, -0.05) is 81.8 Å². The van der Waals surface area contributed by atoms with Crippen LogP contribution in [0.1, 0.15) is 278 Å². The summed E-state index contributed by atoms with van der Waals surface area (Å²) in [5, 5.41) is 0. The summed E-state index contributed by atoms with van der Waals surface area (Å²) in [5.74, 6) is -14.6. The van der Waals surface area contributed by atoms with E-state index in [-0.39, 0.29) is 192 Å². The fourth-order valence-electron chi connectivity index (χ4n) is 16.9.